The highest BCUT2D eigenvalue weighted by molar-refractivity contribution is 6.03. The smallest absolute Gasteiger partial charge is 0.340 e. The number of ether oxygens (including phenoxy) is 2. The first-order valence-corrected chi connectivity index (χ1v) is 10.2. The van der Waals surface area contributed by atoms with E-state index < -0.39 is 11.9 Å². The Bertz CT molecular complexity index is 1050. The molecule has 154 valence electrons. The summed E-state index contributed by atoms with van der Waals surface area (Å²) in [6, 6.07) is 17.7. The zero-order chi connectivity index (χ0) is 21.3. The summed E-state index contributed by atoms with van der Waals surface area (Å²) in [4.78, 5) is 26.2. The number of rotatable bonds is 4. The highest BCUT2D eigenvalue weighted by atomic mass is 16.5. The molecule has 5 heteroatoms. The van der Waals surface area contributed by atoms with Crippen molar-refractivity contribution in [3.05, 3.63) is 94.1 Å². The van der Waals surface area contributed by atoms with Crippen molar-refractivity contribution >= 4 is 11.8 Å². The molecule has 0 bridgehead atoms. The van der Waals surface area contributed by atoms with E-state index in [1.54, 1.807) is 6.92 Å². The van der Waals surface area contributed by atoms with E-state index in [-0.39, 0.29) is 29.8 Å². The van der Waals surface area contributed by atoms with Crippen molar-refractivity contribution in [1.82, 2.24) is 0 Å². The number of esters is 1. The Labute approximate surface area is 176 Å². The first-order valence-electron chi connectivity index (χ1n) is 10.2. The van der Waals surface area contributed by atoms with Crippen LogP contribution in [0.15, 0.2) is 77.4 Å². The molecule has 1 aliphatic carbocycles. The molecule has 2 aromatic rings. The summed E-state index contributed by atoms with van der Waals surface area (Å²) in [7, 11) is 0. The Morgan fingerprint density at radius 3 is 2.50 bits per heavy atom. The average molecular weight is 403 g/mol. The Hall–Kier alpha value is -3.34. The molecule has 0 spiro atoms. The highest BCUT2D eigenvalue weighted by Crippen LogP contribution is 2.47. The molecular formula is C25H25NO4. The molecule has 1 heterocycles. The van der Waals surface area contributed by atoms with Gasteiger partial charge in [0, 0.05) is 18.4 Å². The number of Topliss-reactive ketones (excluding diaryl/α,β-unsaturated/α-hetero) is 1. The first kappa shape index (κ1) is 20.0. The predicted octanol–water partition coefficient (Wildman–Crippen LogP) is 4.24. The molecule has 5 nitrogen and oxygen atoms in total. The SMILES string of the molecule is CCOC(=O)C1=C(N)OC2=C(C(=O)CC(c3ccccc3)C2)C1c1ccccc1C. The summed E-state index contributed by atoms with van der Waals surface area (Å²) < 4.78 is 11.2. The lowest BCUT2D eigenvalue weighted by molar-refractivity contribution is -0.139. The molecular weight excluding hydrogens is 378 g/mol. The van der Waals surface area contributed by atoms with E-state index in [1.807, 2.05) is 61.5 Å². The number of hydrogen-bond acceptors (Lipinski definition) is 5. The van der Waals surface area contributed by atoms with Crippen molar-refractivity contribution in [1.29, 1.82) is 0 Å². The maximum Gasteiger partial charge on any atom is 0.340 e. The third-order valence-corrected chi connectivity index (χ3v) is 5.81. The number of carbonyl (C=O) groups excluding carboxylic acids is 2. The van der Waals surface area contributed by atoms with E-state index in [0.717, 1.165) is 16.7 Å². The summed E-state index contributed by atoms with van der Waals surface area (Å²) in [5.74, 6) is -0.563. The second kappa shape index (κ2) is 8.19. The van der Waals surface area contributed by atoms with Gasteiger partial charge in [0.25, 0.3) is 0 Å². The molecule has 2 aromatic carbocycles. The third kappa shape index (κ3) is 3.52. The quantitative estimate of drug-likeness (QED) is 0.773. The molecule has 0 amide bonds. The zero-order valence-electron chi connectivity index (χ0n) is 17.2. The number of aryl methyl sites for hydroxylation is 1. The van der Waals surface area contributed by atoms with E-state index >= 15 is 0 Å². The number of hydrogen-bond donors (Lipinski definition) is 1. The van der Waals surface area contributed by atoms with Crippen LogP contribution in [0.3, 0.4) is 0 Å². The summed E-state index contributed by atoms with van der Waals surface area (Å²) in [6.45, 7) is 3.91. The van der Waals surface area contributed by atoms with Crippen LogP contribution in [0.5, 0.6) is 0 Å². The Morgan fingerprint density at radius 1 is 1.10 bits per heavy atom. The molecule has 2 N–H and O–H groups in total. The largest absolute Gasteiger partial charge is 0.462 e. The van der Waals surface area contributed by atoms with E-state index in [9.17, 15) is 9.59 Å². The molecule has 2 aliphatic rings. The summed E-state index contributed by atoms with van der Waals surface area (Å²) in [6.07, 6.45) is 0.925. The van der Waals surface area contributed by atoms with Gasteiger partial charge in [0.15, 0.2) is 5.78 Å². The van der Waals surface area contributed by atoms with E-state index in [4.69, 9.17) is 15.2 Å². The summed E-state index contributed by atoms with van der Waals surface area (Å²) in [5, 5.41) is 0. The van der Waals surface area contributed by atoms with Crippen LogP contribution in [-0.2, 0) is 19.1 Å². The van der Waals surface area contributed by atoms with Gasteiger partial charge in [0.1, 0.15) is 11.3 Å². The van der Waals surface area contributed by atoms with Gasteiger partial charge in [0.05, 0.1) is 12.5 Å². The van der Waals surface area contributed by atoms with Gasteiger partial charge in [-0.25, -0.2) is 4.79 Å². The number of carbonyl (C=O) groups is 2. The van der Waals surface area contributed by atoms with Crippen LogP contribution in [0.25, 0.3) is 0 Å². The minimum Gasteiger partial charge on any atom is -0.462 e. The minimum atomic E-state index is -0.585. The van der Waals surface area contributed by atoms with E-state index in [1.165, 1.54) is 0 Å². The lowest BCUT2D eigenvalue weighted by atomic mass is 9.72. The fourth-order valence-electron chi connectivity index (χ4n) is 4.40. The number of allylic oxidation sites excluding steroid dienone is 2. The monoisotopic (exact) mass is 403 g/mol. The van der Waals surface area contributed by atoms with Gasteiger partial charge in [0.2, 0.25) is 5.88 Å². The standard InChI is InChI=1S/C25H25NO4/c1-3-29-25(28)23-21(18-12-8-7-9-15(18)2)22-19(27)13-17(14-20(22)30-24(23)26)16-10-5-4-6-11-16/h4-12,17,21H,3,13-14,26H2,1-2H3. The van der Waals surface area contributed by atoms with Crippen molar-refractivity contribution in [2.75, 3.05) is 6.61 Å². The summed E-state index contributed by atoms with van der Waals surface area (Å²) >= 11 is 0. The van der Waals surface area contributed by atoms with Crippen LogP contribution in [0.1, 0.15) is 48.3 Å². The molecule has 0 saturated carbocycles. The van der Waals surface area contributed by atoms with Crippen LogP contribution in [0.2, 0.25) is 0 Å². The van der Waals surface area contributed by atoms with Crippen LogP contribution in [0, 0.1) is 6.92 Å². The van der Waals surface area contributed by atoms with Crippen LogP contribution in [-0.4, -0.2) is 18.4 Å². The fraction of sp³-hybridized carbons (Fsp3) is 0.280. The van der Waals surface area contributed by atoms with Gasteiger partial charge in [-0.1, -0.05) is 54.6 Å². The first-order chi connectivity index (χ1) is 14.5. The van der Waals surface area contributed by atoms with Gasteiger partial charge in [-0.2, -0.15) is 0 Å². The normalized spacial score (nSPS) is 21.2. The Kier molecular flexibility index (Phi) is 5.44. The zero-order valence-corrected chi connectivity index (χ0v) is 17.2. The Morgan fingerprint density at radius 2 is 1.80 bits per heavy atom. The van der Waals surface area contributed by atoms with Gasteiger partial charge in [-0.15, -0.1) is 0 Å². The molecule has 4 rings (SSSR count). The number of nitrogens with two attached hydrogens (primary N) is 1. The molecule has 0 fully saturated rings. The fourth-order valence-corrected chi connectivity index (χ4v) is 4.40. The van der Waals surface area contributed by atoms with Crippen molar-refractivity contribution in [3.8, 4) is 0 Å². The Balaban J connectivity index is 1.82. The molecule has 0 aromatic heterocycles. The maximum absolute atomic E-state index is 13.4. The summed E-state index contributed by atoms with van der Waals surface area (Å²) in [5.41, 5.74) is 9.89. The van der Waals surface area contributed by atoms with Gasteiger partial charge in [-0.3, -0.25) is 4.79 Å². The van der Waals surface area contributed by atoms with Crippen LogP contribution < -0.4 is 5.73 Å². The highest BCUT2D eigenvalue weighted by Gasteiger charge is 2.43. The lowest BCUT2D eigenvalue weighted by Crippen LogP contribution is -2.33. The molecule has 0 saturated heterocycles. The average Bonchev–Trinajstić information content (AvgIpc) is 2.74. The predicted molar refractivity (Wildman–Crippen MR) is 113 cm³/mol. The van der Waals surface area contributed by atoms with E-state index in [2.05, 4.69) is 0 Å². The van der Waals surface area contributed by atoms with E-state index in [0.29, 0.717) is 24.2 Å². The second-order valence-corrected chi connectivity index (χ2v) is 7.67. The molecule has 0 radical (unpaired) electrons. The van der Waals surface area contributed by atoms with Crippen LogP contribution >= 0.6 is 0 Å². The number of ketones is 1. The third-order valence-electron chi connectivity index (χ3n) is 5.81. The second-order valence-electron chi connectivity index (χ2n) is 7.67. The van der Waals surface area contributed by atoms with Gasteiger partial charge < -0.3 is 15.2 Å². The minimum absolute atomic E-state index is 0.0157. The van der Waals surface area contributed by atoms with Crippen molar-refractivity contribution < 1.29 is 19.1 Å². The van der Waals surface area contributed by atoms with Gasteiger partial charge in [-0.05, 0) is 36.5 Å². The number of benzene rings is 2. The van der Waals surface area contributed by atoms with Crippen LogP contribution in [0.4, 0.5) is 0 Å². The molecule has 1 aliphatic heterocycles. The lowest BCUT2D eigenvalue weighted by Gasteiger charge is -2.35. The van der Waals surface area contributed by atoms with Gasteiger partial charge >= 0.3 is 5.97 Å². The molecule has 2 atom stereocenters. The molecule has 30 heavy (non-hydrogen) atoms. The van der Waals surface area contributed by atoms with Crippen molar-refractivity contribution in [2.45, 2.75) is 38.5 Å². The maximum atomic E-state index is 13.4. The topological polar surface area (TPSA) is 78.6 Å². The van der Waals surface area contributed by atoms with Crippen molar-refractivity contribution in [2.24, 2.45) is 5.73 Å². The van der Waals surface area contributed by atoms with Crippen molar-refractivity contribution in [3.63, 3.8) is 0 Å². The molecule has 2 unspecified atom stereocenters.